The van der Waals surface area contributed by atoms with E-state index < -0.39 is 0 Å². The number of aromatic amines is 1. The second-order valence-electron chi connectivity index (χ2n) is 6.56. The Morgan fingerprint density at radius 1 is 1.27 bits per heavy atom. The first-order valence-corrected chi connectivity index (χ1v) is 8.87. The Morgan fingerprint density at radius 2 is 2.15 bits per heavy atom. The molecule has 0 spiro atoms. The quantitative estimate of drug-likeness (QED) is 0.740. The van der Waals surface area contributed by atoms with Gasteiger partial charge < -0.3 is 15.0 Å². The Kier molecular flexibility index (Phi) is 4.95. The summed E-state index contributed by atoms with van der Waals surface area (Å²) in [6.07, 6.45) is 1.64. The molecule has 1 unspecified atom stereocenters. The number of rotatable bonds is 5. The van der Waals surface area contributed by atoms with E-state index in [-0.39, 0.29) is 12.0 Å². The first kappa shape index (κ1) is 16.8. The summed E-state index contributed by atoms with van der Waals surface area (Å²) in [4.78, 5) is 22.0. The summed E-state index contributed by atoms with van der Waals surface area (Å²) >= 11 is 0. The number of carbonyl (C=O) groups excluding carboxylic acids is 1. The second-order valence-corrected chi connectivity index (χ2v) is 6.56. The number of imidazole rings is 1. The van der Waals surface area contributed by atoms with Crippen molar-refractivity contribution in [1.29, 1.82) is 0 Å². The molecule has 1 aromatic heterocycles. The zero-order chi connectivity index (χ0) is 17.8. The van der Waals surface area contributed by atoms with Crippen molar-refractivity contribution < 1.29 is 9.53 Å². The zero-order valence-corrected chi connectivity index (χ0v) is 14.5. The van der Waals surface area contributed by atoms with Gasteiger partial charge >= 0.3 is 0 Å². The average Bonchev–Trinajstić information content (AvgIpc) is 3.15. The van der Waals surface area contributed by atoms with Crippen LogP contribution in [0.4, 0.5) is 0 Å². The van der Waals surface area contributed by atoms with Crippen LogP contribution in [0.1, 0.15) is 15.9 Å². The fraction of sp³-hybridized carbons (Fsp3) is 0.300. The fourth-order valence-corrected chi connectivity index (χ4v) is 3.27. The number of hydrogen-bond acceptors (Lipinski definition) is 4. The SMILES string of the molecule is O=C(NCC1CN(Cc2ccccc2)CCO1)c1ccc2nc[nH]c2c1. The summed E-state index contributed by atoms with van der Waals surface area (Å²) in [7, 11) is 0. The molecule has 1 amide bonds. The monoisotopic (exact) mass is 350 g/mol. The van der Waals surface area contributed by atoms with Gasteiger partial charge in [-0.1, -0.05) is 30.3 Å². The van der Waals surface area contributed by atoms with Crippen LogP contribution >= 0.6 is 0 Å². The van der Waals surface area contributed by atoms with Crippen LogP contribution in [0.2, 0.25) is 0 Å². The molecule has 1 atom stereocenters. The number of hydrogen-bond donors (Lipinski definition) is 2. The van der Waals surface area contributed by atoms with Crippen LogP contribution < -0.4 is 5.32 Å². The molecule has 1 fully saturated rings. The third kappa shape index (κ3) is 3.92. The maximum absolute atomic E-state index is 12.4. The van der Waals surface area contributed by atoms with Crippen molar-refractivity contribution in [3.63, 3.8) is 0 Å². The largest absolute Gasteiger partial charge is 0.374 e. The van der Waals surface area contributed by atoms with Crippen molar-refractivity contribution >= 4 is 16.9 Å². The van der Waals surface area contributed by atoms with E-state index in [4.69, 9.17) is 4.74 Å². The Bertz CT molecular complexity index is 878. The lowest BCUT2D eigenvalue weighted by Crippen LogP contribution is -2.47. The van der Waals surface area contributed by atoms with Crippen molar-refractivity contribution in [3.8, 4) is 0 Å². The molecule has 6 nitrogen and oxygen atoms in total. The second kappa shape index (κ2) is 7.68. The van der Waals surface area contributed by atoms with Gasteiger partial charge in [-0.15, -0.1) is 0 Å². The first-order chi connectivity index (χ1) is 12.8. The maximum Gasteiger partial charge on any atom is 0.251 e. The molecule has 1 aliphatic rings. The number of amides is 1. The van der Waals surface area contributed by atoms with Crippen LogP contribution in [0.3, 0.4) is 0 Å². The summed E-state index contributed by atoms with van der Waals surface area (Å²) in [5, 5.41) is 2.99. The third-order valence-corrected chi connectivity index (χ3v) is 4.64. The van der Waals surface area contributed by atoms with Gasteiger partial charge in [0, 0.05) is 31.7 Å². The first-order valence-electron chi connectivity index (χ1n) is 8.87. The van der Waals surface area contributed by atoms with E-state index in [1.165, 1.54) is 5.56 Å². The smallest absolute Gasteiger partial charge is 0.251 e. The molecule has 1 saturated heterocycles. The minimum atomic E-state index is -0.0923. The maximum atomic E-state index is 12.4. The standard InChI is InChI=1S/C20H22N4O2/c25-20(16-6-7-18-19(10-16)23-14-22-18)21-11-17-13-24(8-9-26-17)12-15-4-2-1-3-5-15/h1-7,10,14,17H,8-9,11-13H2,(H,21,25)(H,22,23). The number of H-pyrrole nitrogens is 1. The molecule has 2 heterocycles. The molecule has 26 heavy (non-hydrogen) atoms. The fourth-order valence-electron chi connectivity index (χ4n) is 3.27. The van der Waals surface area contributed by atoms with Crippen molar-refractivity contribution in [1.82, 2.24) is 20.2 Å². The van der Waals surface area contributed by atoms with Crippen LogP contribution in [0.15, 0.2) is 54.9 Å². The van der Waals surface area contributed by atoms with Crippen LogP contribution in [-0.4, -0.2) is 53.1 Å². The summed E-state index contributed by atoms with van der Waals surface area (Å²) in [5.74, 6) is -0.0923. The zero-order valence-electron chi connectivity index (χ0n) is 14.5. The molecule has 134 valence electrons. The van der Waals surface area contributed by atoms with Gasteiger partial charge in [0.05, 0.1) is 30.1 Å². The van der Waals surface area contributed by atoms with Gasteiger partial charge in [-0.2, -0.15) is 0 Å². The molecular formula is C20H22N4O2. The Hall–Kier alpha value is -2.70. The number of morpholine rings is 1. The van der Waals surface area contributed by atoms with Gasteiger partial charge in [0.15, 0.2) is 0 Å². The molecule has 4 rings (SSSR count). The normalized spacial score (nSPS) is 18.1. The minimum Gasteiger partial charge on any atom is -0.374 e. The topological polar surface area (TPSA) is 70.2 Å². The molecule has 0 radical (unpaired) electrons. The van der Waals surface area contributed by atoms with Crippen LogP contribution in [0, 0.1) is 0 Å². The van der Waals surface area contributed by atoms with Crippen LogP contribution in [-0.2, 0) is 11.3 Å². The van der Waals surface area contributed by atoms with Gasteiger partial charge in [-0.3, -0.25) is 9.69 Å². The predicted octanol–water partition coefficient (Wildman–Crippen LogP) is 2.19. The highest BCUT2D eigenvalue weighted by atomic mass is 16.5. The van der Waals surface area contributed by atoms with E-state index in [9.17, 15) is 4.79 Å². The lowest BCUT2D eigenvalue weighted by atomic mass is 10.1. The van der Waals surface area contributed by atoms with E-state index in [0.717, 1.165) is 30.7 Å². The Morgan fingerprint density at radius 3 is 3.04 bits per heavy atom. The summed E-state index contributed by atoms with van der Waals surface area (Å²) in [6.45, 7) is 3.83. The van der Waals surface area contributed by atoms with E-state index in [1.54, 1.807) is 12.4 Å². The number of aromatic nitrogens is 2. The number of carbonyl (C=O) groups is 1. The number of ether oxygens (including phenoxy) is 1. The van der Waals surface area contributed by atoms with E-state index in [0.29, 0.717) is 18.7 Å². The van der Waals surface area contributed by atoms with Gasteiger partial charge in [-0.05, 0) is 23.8 Å². The summed E-state index contributed by atoms with van der Waals surface area (Å²) < 4.78 is 5.82. The molecule has 6 heteroatoms. The predicted molar refractivity (Wildman–Crippen MR) is 99.9 cm³/mol. The Balaban J connectivity index is 1.31. The van der Waals surface area contributed by atoms with Crippen LogP contribution in [0.5, 0.6) is 0 Å². The lowest BCUT2D eigenvalue weighted by molar-refractivity contribution is -0.0292. The minimum absolute atomic E-state index is 0.00676. The molecule has 1 aliphatic heterocycles. The molecule has 0 bridgehead atoms. The van der Waals surface area contributed by atoms with Crippen molar-refractivity contribution in [2.75, 3.05) is 26.2 Å². The number of nitrogens with zero attached hydrogens (tertiary/aromatic N) is 2. The molecule has 2 aromatic carbocycles. The van der Waals surface area contributed by atoms with Crippen molar-refractivity contribution in [2.45, 2.75) is 12.6 Å². The number of benzene rings is 2. The summed E-state index contributed by atoms with van der Waals surface area (Å²) in [5.41, 5.74) is 3.64. The third-order valence-electron chi connectivity index (χ3n) is 4.64. The highest BCUT2D eigenvalue weighted by Crippen LogP contribution is 2.13. The van der Waals surface area contributed by atoms with Crippen molar-refractivity contribution in [3.05, 3.63) is 66.0 Å². The van der Waals surface area contributed by atoms with Gasteiger partial charge in [0.2, 0.25) is 0 Å². The summed E-state index contributed by atoms with van der Waals surface area (Å²) in [6, 6.07) is 15.9. The van der Waals surface area contributed by atoms with Gasteiger partial charge in [-0.25, -0.2) is 4.98 Å². The average molecular weight is 350 g/mol. The van der Waals surface area contributed by atoms with E-state index in [1.807, 2.05) is 18.2 Å². The molecule has 0 aliphatic carbocycles. The van der Waals surface area contributed by atoms with E-state index in [2.05, 4.69) is 44.5 Å². The lowest BCUT2D eigenvalue weighted by Gasteiger charge is -2.33. The molecular weight excluding hydrogens is 328 g/mol. The number of nitrogens with one attached hydrogen (secondary N) is 2. The molecule has 0 saturated carbocycles. The Labute approximate surface area is 152 Å². The molecule has 2 N–H and O–H groups in total. The molecule has 3 aromatic rings. The van der Waals surface area contributed by atoms with Crippen molar-refractivity contribution in [2.24, 2.45) is 0 Å². The highest BCUT2D eigenvalue weighted by Gasteiger charge is 2.21. The van der Waals surface area contributed by atoms with Gasteiger partial charge in [0.1, 0.15) is 0 Å². The number of fused-ring (bicyclic) bond motifs is 1. The van der Waals surface area contributed by atoms with Gasteiger partial charge in [0.25, 0.3) is 5.91 Å². The van der Waals surface area contributed by atoms with E-state index >= 15 is 0 Å². The van der Waals surface area contributed by atoms with Crippen LogP contribution in [0.25, 0.3) is 11.0 Å². The highest BCUT2D eigenvalue weighted by molar-refractivity contribution is 5.97.